The first kappa shape index (κ1) is 12.9. The van der Waals surface area contributed by atoms with Crippen LogP contribution in [0.25, 0.3) is 22.6 Å². The lowest BCUT2D eigenvalue weighted by Gasteiger charge is -2.08. The summed E-state index contributed by atoms with van der Waals surface area (Å²) in [6, 6.07) is 7.50. The summed E-state index contributed by atoms with van der Waals surface area (Å²) in [5.41, 5.74) is 9.39. The van der Waals surface area contributed by atoms with Gasteiger partial charge in [0.05, 0.1) is 12.5 Å². The lowest BCUT2D eigenvalue weighted by molar-refractivity contribution is 0.580. The number of aromatic nitrogens is 3. The van der Waals surface area contributed by atoms with Crippen LogP contribution in [-0.4, -0.2) is 14.8 Å². The summed E-state index contributed by atoms with van der Waals surface area (Å²) < 4.78 is 7.10. The average Bonchev–Trinajstić information content (AvgIpc) is 3.10. The maximum Gasteiger partial charge on any atom is 0.152 e. The third-order valence-corrected chi connectivity index (χ3v) is 3.46. The van der Waals surface area contributed by atoms with Gasteiger partial charge in [0.15, 0.2) is 5.76 Å². The fourth-order valence-electron chi connectivity index (χ4n) is 2.21. The molecule has 0 amide bonds. The first-order valence-electron chi connectivity index (χ1n) is 6.35. The summed E-state index contributed by atoms with van der Waals surface area (Å²) in [6.07, 6.45) is 3.29. The number of nitriles is 1. The molecule has 3 aromatic heterocycles. The molecule has 3 heterocycles. The summed E-state index contributed by atoms with van der Waals surface area (Å²) in [6.45, 7) is 1.94. The molecule has 0 aliphatic rings. The van der Waals surface area contributed by atoms with Crippen LogP contribution in [0.3, 0.4) is 0 Å². The van der Waals surface area contributed by atoms with E-state index in [0.29, 0.717) is 22.6 Å². The number of anilines is 1. The van der Waals surface area contributed by atoms with E-state index in [1.165, 1.54) is 0 Å². The van der Waals surface area contributed by atoms with Crippen molar-refractivity contribution >= 4 is 5.82 Å². The summed E-state index contributed by atoms with van der Waals surface area (Å²) in [5, 5.41) is 13.6. The van der Waals surface area contributed by atoms with Crippen LogP contribution in [0, 0.1) is 18.3 Å². The van der Waals surface area contributed by atoms with Crippen molar-refractivity contribution < 1.29 is 4.42 Å². The Morgan fingerprint density at radius 3 is 2.76 bits per heavy atom. The van der Waals surface area contributed by atoms with Crippen molar-refractivity contribution in [3.63, 3.8) is 0 Å². The van der Waals surface area contributed by atoms with Gasteiger partial charge in [0.1, 0.15) is 23.1 Å². The fourth-order valence-corrected chi connectivity index (χ4v) is 2.21. The molecule has 0 aliphatic carbocycles. The van der Waals surface area contributed by atoms with Gasteiger partial charge in [-0.05, 0) is 25.1 Å². The summed E-state index contributed by atoms with van der Waals surface area (Å²) >= 11 is 0. The molecule has 104 valence electrons. The molecule has 0 saturated heterocycles. The number of nitrogens with zero attached hydrogens (tertiary/aromatic N) is 4. The molecule has 3 aromatic rings. The Bertz CT molecular complexity index is 840. The third kappa shape index (κ3) is 2.05. The van der Waals surface area contributed by atoms with Crippen LogP contribution in [0.1, 0.15) is 11.3 Å². The number of aryl methyl sites for hydroxylation is 1. The molecule has 6 nitrogen and oxygen atoms in total. The topological polar surface area (TPSA) is 93.7 Å². The Morgan fingerprint density at radius 2 is 2.19 bits per heavy atom. The molecular weight excluding hydrogens is 266 g/mol. The molecule has 2 N–H and O–H groups in total. The molecule has 0 bridgehead atoms. The molecule has 0 fully saturated rings. The fraction of sp³-hybridized carbons (Fsp3) is 0.133. The van der Waals surface area contributed by atoms with Gasteiger partial charge in [-0.25, -0.2) is 4.98 Å². The van der Waals surface area contributed by atoms with Crippen molar-refractivity contribution in [2.24, 2.45) is 7.05 Å². The van der Waals surface area contributed by atoms with Crippen LogP contribution in [0.2, 0.25) is 0 Å². The zero-order chi connectivity index (χ0) is 15.0. The van der Waals surface area contributed by atoms with Crippen molar-refractivity contribution in [2.45, 2.75) is 6.92 Å². The Labute approximate surface area is 121 Å². The van der Waals surface area contributed by atoms with Crippen molar-refractivity contribution in [2.75, 3.05) is 5.73 Å². The predicted octanol–water partition coefficient (Wildman–Crippen LogP) is 2.50. The highest BCUT2D eigenvalue weighted by molar-refractivity contribution is 5.80. The van der Waals surface area contributed by atoms with Gasteiger partial charge in [0, 0.05) is 23.9 Å². The van der Waals surface area contributed by atoms with Gasteiger partial charge in [-0.2, -0.15) is 10.4 Å². The molecule has 0 saturated carbocycles. The average molecular weight is 279 g/mol. The smallest absolute Gasteiger partial charge is 0.152 e. The Kier molecular flexibility index (Phi) is 2.95. The van der Waals surface area contributed by atoms with E-state index >= 15 is 0 Å². The summed E-state index contributed by atoms with van der Waals surface area (Å²) in [4.78, 5) is 4.24. The quantitative estimate of drug-likeness (QED) is 0.777. The van der Waals surface area contributed by atoms with Gasteiger partial charge in [-0.15, -0.1) is 0 Å². The molecule has 21 heavy (non-hydrogen) atoms. The lowest BCUT2D eigenvalue weighted by Crippen LogP contribution is -2.00. The first-order valence-corrected chi connectivity index (χ1v) is 6.35. The van der Waals surface area contributed by atoms with Crippen LogP contribution < -0.4 is 5.73 Å². The summed E-state index contributed by atoms with van der Waals surface area (Å²) in [7, 11) is 1.85. The van der Waals surface area contributed by atoms with Crippen molar-refractivity contribution in [1.82, 2.24) is 14.8 Å². The molecule has 6 heteroatoms. The highest BCUT2D eigenvalue weighted by atomic mass is 16.3. The Hall–Kier alpha value is -3.07. The molecule has 3 rings (SSSR count). The number of hydrogen-bond donors (Lipinski definition) is 1. The molecule has 0 atom stereocenters. The minimum absolute atomic E-state index is 0.185. The normalized spacial score (nSPS) is 10.5. The van der Waals surface area contributed by atoms with E-state index in [1.807, 2.05) is 14.0 Å². The summed E-state index contributed by atoms with van der Waals surface area (Å²) in [5.74, 6) is 0.790. The highest BCUT2D eigenvalue weighted by Gasteiger charge is 2.17. The van der Waals surface area contributed by atoms with Gasteiger partial charge in [0.25, 0.3) is 0 Å². The maximum absolute atomic E-state index is 9.36. The molecule has 0 unspecified atom stereocenters. The van der Waals surface area contributed by atoms with Gasteiger partial charge >= 0.3 is 0 Å². The standard InChI is InChI=1S/C15H13N5O/c1-9-12(8-18-20(9)2)10-6-13(14-4-3-5-21-14)19-15(17)11(10)7-16/h3-6,8H,1-2H3,(H2,17,19). The molecule has 0 aromatic carbocycles. The van der Waals surface area contributed by atoms with Gasteiger partial charge in [-0.3, -0.25) is 4.68 Å². The predicted molar refractivity (Wildman–Crippen MR) is 78.0 cm³/mol. The number of pyridine rings is 1. The van der Waals surface area contributed by atoms with Gasteiger partial charge in [-0.1, -0.05) is 0 Å². The number of nitrogens with two attached hydrogens (primary N) is 1. The number of rotatable bonds is 2. The molecule has 0 radical (unpaired) electrons. The number of hydrogen-bond acceptors (Lipinski definition) is 5. The maximum atomic E-state index is 9.36. The van der Waals surface area contributed by atoms with Crippen LogP contribution in [0.4, 0.5) is 5.82 Å². The zero-order valence-corrected chi connectivity index (χ0v) is 11.7. The van der Waals surface area contributed by atoms with Crippen molar-refractivity contribution in [1.29, 1.82) is 5.26 Å². The minimum Gasteiger partial charge on any atom is -0.463 e. The number of nitrogen functional groups attached to an aromatic ring is 1. The van der Waals surface area contributed by atoms with Gasteiger partial charge in [0.2, 0.25) is 0 Å². The van der Waals surface area contributed by atoms with Gasteiger partial charge < -0.3 is 10.2 Å². The third-order valence-electron chi connectivity index (χ3n) is 3.46. The van der Waals surface area contributed by atoms with E-state index in [1.54, 1.807) is 35.3 Å². The van der Waals surface area contributed by atoms with E-state index in [9.17, 15) is 5.26 Å². The van der Waals surface area contributed by atoms with Crippen LogP contribution in [0.15, 0.2) is 35.1 Å². The van der Waals surface area contributed by atoms with Crippen molar-refractivity contribution in [3.8, 4) is 28.7 Å². The van der Waals surface area contributed by atoms with Crippen molar-refractivity contribution in [3.05, 3.63) is 41.9 Å². The molecule has 0 aliphatic heterocycles. The lowest BCUT2D eigenvalue weighted by atomic mass is 10.0. The number of furan rings is 1. The van der Waals surface area contributed by atoms with E-state index in [0.717, 1.165) is 11.3 Å². The molecular formula is C15H13N5O. The minimum atomic E-state index is 0.185. The second-order valence-electron chi connectivity index (χ2n) is 4.67. The Morgan fingerprint density at radius 1 is 1.38 bits per heavy atom. The van der Waals surface area contributed by atoms with E-state index < -0.39 is 0 Å². The zero-order valence-electron chi connectivity index (χ0n) is 11.7. The molecule has 0 spiro atoms. The van der Waals surface area contributed by atoms with E-state index in [2.05, 4.69) is 16.2 Å². The first-order chi connectivity index (χ1) is 10.1. The van der Waals surface area contributed by atoms with Crippen LogP contribution >= 0.6 is 0 Å². The second kappa shape index (κ2) is 4.80. The largest absolute Gasteiger partial charge is 0.463 e. The highest BCUT2D eigenvalue weighted by Crippen LogP contribution is 2.32. The van der Waals surface area contributed by atoms with E-state index in [-0.39, 0.29) is 5.82 Å². The van der Waals surface area contributed by atoms with Crippen LogP contribution in [-0.2, 0) is 7.05 Å². The second-order valence-corrected chi connectivity index (χ2v) is 4.67. The monoisotopic (exact) mass is 279 g/mol. The van der Waals surface area contributed by atoms with E-state index in [4.69, 9.17) is 10.2 Å². The SMILES string of the molecule is Cc1c(-c2cc(-c3ccco3)nc(N)c2C#N)cnn1C. The van der Waals surface area contributed by atoms with Crippen LogP contribution in [0.5, 0.6) is 0 Å². The Balaban J connectivity index is 2.28.